The Labute approximate surface area is 253 Å². The highest BCUT2D eigenvalue weighted by Crippen LogP contribution is 2.27. The normalized spacial score (nSPS) is 11.3. The van der Waals surface area contributed by atoms with Crippen molar-refractivity contribution in [3.63, 3.8) is 0 Å². The topological polar surface area (TPSA) is 108 Å². The van der Waals surface area contributed by atoms with E-state index in [4.69, 9.17) is 18.9 Å². The summed E-state index contributed by atoms with van der Waals surface area (Å²) >= 11 is 1.02. The molecule has 0 aliphatic carbocycles. The van der Waals surface area contributed by atoms with Crippen LogP contribution < -0.4 is 9.47 Å². The number of thioether (sulfide) groups is 1. The van der Waals surface area contributed by atoms with Gasteiger partial charge in [-0.3, -0.25) is 4.79 Å². The second-order valence-electron chi connectivity index (χ2n) is 9.12. The van der Waals surface area contributed by atoms with E-state index < -0.39 is 18.4 Å². The minimum absolute atomic E-state index is 0.138. The predicted molar refractivity (Wildman–Crippen MR) is 163 cm³/mol. The third-order valence-electron chi connectivity index (χ3n) is 6.01. The fourth-order valence-corrected chi connectivity index (χ4v) is 4.49. The van der Waals surface area contributed by atoms with E-state index in [0.29, 0.717) is 41.2 Å². The Morgan fingerprint density at radius 2 is 1.30 bits per heavy atom. The summed E-state index contributed by atoms with van der Waals surface area (Å²) in [6.07, 6.45) is 0.537. The number of hydrogen-bond donors (Lipinski definition) is 1. The van der Waals surface area contributed by atoms with Crippen LogP contribution >= 0.6 is 11.8 Å². The SMILES string of the molecule is C=CC(O)OCCCCOC(=O)Oc1ccc(C(=O)Sc2ccc(OC(=O)c3ccc(-c4ccccc4)cc3)cc2)cc1. The zero-order valence-electron chi connectivity index (χ0n) is 23.2. The van der Waals surface area contributed by atoms with Gasteiger partial charge in [-0.05, 0) is 102 Å². The monoisotopic (exact) mass is 598 g/mol. The molecule has 0 saturated heterocycles. The molecule has 0 radical (unpaired) electrons. The van der Waals surface area contributed by atoms with Gasteiger partial charge in [0.05, 0.1) is 18.8 Å². The lowest BCUT2D eigenvalue weighted by molar-refractivity contribution is -0.0656. The first kappa shape index (κ1) is 31.2. The number of benzene rings is 4. The van der Waals surface area contributed by atoms with Crippen LogP contribution in [0.2, 0.25) is 0 Å². The van der Waals surface area contributed by atoms with E-state index in [1.165, 1.54) is 18.2 Å². The summed E-state index contributed by atoms with van der Waals surface area (Å²) < 4.78 is 20.7. The van der Waals surface area contributed by atoms with Crippen molar-refractivity contribution in [2.75, 3.05) is 13.2 Å². The molecule has 43 heavy (non-hydrogen) atoms. The minimum atomic E-state index is -1.01. The van der Waals surface area contributed by atoms with Crippen LogP contribution in [0.3, 0.4) is 0 Å². The van der Waals surface area contributed by atoms with Gasteiger partial charge in [-0.2, -0.15) is 0 Å². The number of ether oxygens (including phenoxy) is 4. The first-order valence-electron chi connectivity index (χ1n) is 13.5. The molecule has 0 aliphatic rings. The lowest BCUT2D eigenvalue weighted by atomic mass is 10.0. The van der Waals surface area contributed by atoms with Gasteiger partial charge in [0.2, 0.25) is 5.12 Å². The molecule has 0 heterocycles. The number of esters is 1. The molecule has 0 saturated carbocycles. The third-order valence-corrected chi connectivity index (χ3v) is 6.94. The van der Waals surface area contributed by atoms with Crippen LogP contribution in [0.5, 0.6) is 11.5 Å². The van der Waals surface area contributed by atoms with Crippen LogP contribution in [0, 0.1) is 0 Å². The zero-order valence-corrected chi connectivity index (χ0v) is 24.0. The highest BCUT2D eigenvalue weighted by molar-refractivity contribution is 8.14. The van der Waals surface area contributed by atoms with E-state index >= 15 is 0 Å². The van der Waals surface area contributed by atoms with Crippen LogP contribution in [0.4, 0.5) is 4.79 Å². The van der Waals surface area contributed by atoms with Crippen LogP contribution in [0.15, 0.2) is 121 Å². The van der Waals surface area contributed by atoms with Crippen molar-refractivity contribution in [1.82, 2.24) is 0 Å². The third kappa shape index (κ3) is 9.96. The molecule has 1 atom stereocenters. The van der Waals surface area contributed by atoms with Gasteiger partial charge in [-0.15, -0.1) is 0 Å². The lowest BCUT2D eigenvalue weighted by Crippen LogP contribution is -2.13. The molecule has 9 heteroatoms. The Morgan fingerprint density at radius 3 is 1.98 bits per heavy atom. The predicted octanol–water partition coefficient (Wildman–Crippen LogP) is 7.32. The number of unbranched alkanes of at least 4 members (excludes halogenated alkanes) is 1. The summed E-state index contributed by atoms with van der Waals surface area (Å²) in [6, 6.07) is 29.9. The van der Waals surface area contributed by atoms with Gasteiger partial charge in [0.1, 0.15) is 11.5 Å². The maximum atomic E-state index is 12.7. The fourth-order valence-electron chi connectivity index (χ4n) is 3.75. The van der Waals surface area contributed by atoms with Gasteiger partial charge in [-0.25, -0.2) is 9.59 Å². The summed E-state index contributed by atoms with van der Waals surface area (Å²) in [5.41, 5.74) is 2.91. The van der Waals surface area contributed by atoms with Gasteiger partial charge in [0, 0.05) is 10.5 Å². The molecule has 0 aromatic heterocycles. The molecular formula is C34H30O8S. The largest absolute Gasteiger partial charge is 0.513 e. The van der Waals surface area contributed by atoms with Gasteiger partial charge >= 0.3 is 12.1 Å². The van der Waals surface area contributed by atoms with Crippen molar-refractivity contribution in [1.29, 1.82) is 0 Å². The van der Waals surface area contributed by atoms with Gasteiger partial charge < -0.3 is 24.1 Å². The molecule has 1 unspecified atom stereocenters. The molecule has 4 aromatic rings. The Balaban J connectivity index is 1.20. The molecule has 0 amide bonds. The van der Waals surface area contributed by atoms with E-state index in [-0.39, 0.29) is 17.5 Å². The molecule has 0 fully saturated rings. The van der Waals surface area contributed by atoms with Gasteiger partial charge in [-0.1, -0.05) is 49.0 Å². The Kier molecular flexibility index (Phi) is 11.7. The second kappa shape index (κ2) is 16.1. The summed E-state index contributed by atoms with van der Waals surface area (Å²) in [7, 11) is 0. The Morgan fingerprint density at radius 1 is 0.721 bits per heavy atom. The molecule has 8 nitrogen and oxygen atoms in total. The quantitative estimate of drug-likeness (QED) is 0.0322. The van der Waals surface area contributed by atoms with Crippen molar-refractivity contribution >= 4 is 29.0 Å². The maximum Gasteiger partial charge on any atom is 0.513 e. The van der Waals surface area contributed by atoms with Crippen molar-refractivity contribution in [2.24, 2.45) is 0 Å². The van der Waals surface area contributed by atoms with E-state index in [0.717, 1.165) is 22.9 Å². The van der Waals surface area contributed by atoms with Crippen molar-refractivity contribution in [2.45, 2.75) is 24.0 Å². The van der Waals surface area contributed by atoms with E-state index in [9.17, 15) is 19.5 Å². The summed E-state index contributed by atoms with van der Waals surface area (Å²) in [5, 5.41) is 9.00. The molecular weight excluding hydrogens is 568 g/mol. The van der Waals surface area contributed by atoms with Gasteiger partial charge in [0.15, 0.2) is 6.29 Å². The number of hydrogen-bond acceptors (Lipinski definition) is 9. The number of aliphatic hydroxyl groups excluding tert-OH is 1. The van der Waals surface area contributed by atoms with Crippen LogP contribution in [-0.2, 0) is 9.47 Å². The van der Waals surface area contributed by atoms with Crippen LogP contribution in [0.1, 0.15) is 33.6 Å². The highest BCUT2D eigenvalue weighted by Gasteiger charge is 2.13. The molecule has 1 N–H and O–H groups in total. The summed E-state index contributed by atoms with van der Waals surface area (Å²) in [5.74, 6) is 0.129. The zero-order chi connectivity index (χ0) is 30.4. The number of carbonyl (C=O) groups excluding carboxylic acids is 3. The maximum absolute atomic E-state index is 12.7. The minimum Gasteiger partial charge on any atom is -0.434 e. The van der Waals surface area contributed by atoms with Crippen molar-refractivity contribution in [3.05, 3.63) is 127 Å². The number of aliphatic hydroxyl groups is 1. The Hall–Kier alpha value is -4.70. The Bertz CT molecular complexity index is 1500. The average Bonchev–Trinajstić information content (AvgIpc) is 3.04. The second-order valence-corrected chi connectivity index (χ2v) is 10.2. The molecule has 0 bridgehead atoms. The highest BCUT2D eigenvalue weighted by atomic mass is 32.2. The summed E-state index contributed by atoms with van der Waals surface area (Å²) in [6.45, 7) is 3.85. The van der Waals surface area contributed by atoms with Crippen molar-refractivity contribution in [3.8, 4) is 22.6 Å². The van der Waals surface area contributed by atoms with E-state index in [1.807, 2.05) is 42.5 Å². The average molecular weight is 599 g/mol. The number of carbonyl (C=O) groups is 3. The lowest BCUT2D eigenvalue weighted by Gasteiger charge is -2.08. The first-order valence-corrected chi connectivity index (χ1v) is 14.3. The van der Waals surface area contributed by atoms with E-state index in [2.05, 4.69) is 6.58 Å². The molecule has 0 aliphatic heterocycles. The van der Waals surface area contributed by atoms with Crippen LogP contribution in [-0.4, -0.2) is 41.9 Å². The fraction of sp³-hybridized carbons (Fsp3) is 0.147. The standard InChI is InChI=1S/C34H30O8S/c1-2-31(35)39-22-6-7-23-40-34(38)42-29-16-14-27(15-17-29)33(37)43-30-20-18-28(19-21-30)41-32(36)26-12-10-25(11-13-26)24-8-4-3-5-9-24/h2-5,8-21,31,35H,1,6-7,22-23H2. The number of rotatable bonds is 13. The smallest absolute Gasteiger partial charge is 0.434 e. The van der Waals surface area contributed by atoms with Gasteiger partial charge in [0.25, 0.3) is 0 Å². The summed E-state index contributed by atoms with van der Waals surface area (Å²) in [4.78, 5) is 37.9. The van der Waals surface area contributed by atoms with E-state index in [1.54, 1.807) is 48.5 Å². The van der Waals surface area contributed by atoms with Crippen LogP contribution in [0.25, 0.3) is 11.1 Å². The molecule has 0 spiro atoms. The first-order chi connectivity index (χ1) is 20.9. The molecule has 4 rings (SSSR count). The van der Waals surface area contributed by atoms with Crippen molar-refractivity contribution < 1.29 is 38.4 Å². The molecule has 4 aromatic carbocycles. The molecule has 220 valence electrons.